The van der Waals surface area contributed by atoms with Crippen molar-refractivity contribution >= 4 is 17.3 Å². The molecule has 0 saturated carbocycles. The van der Waals surface area contributed by atoms with Gasteiger partial charge >= 0.3 is 0 Å². The molecule has 0 saturated heterocycles. The molecule has 1 amide bonds. The maximum atomic E-state index is 12.0. The molecule has 3 heterocycles. The zero-order valence-electron chi connectivity index (χ0n) is 11.8. The molecule has 0 fully saturated rings. The number of aromatic nitrogens is 3. The minimum Gasteiger partial charge on any atom is -0.313 e. The lowest BCUT2D eigenvalue weighted by Gasteiger charge is -2.14. The summed E-state index contributed by atoms with van der Waals surface area (Å²) in [4.78, 5) is 16.3. The first-order valence-corrected chi connectivity index (χ1v) is 6.88. The van der Waals surface area contributed by atoms with E-state index >= 15 is 0 Å². The number of amides is 1. The van der Waals surface area contributed by atoms with Crippen LogP contribution in [0.15, 0.2) is 36.8 Å². The number of rotatable bonds is 3. The summed E-state index contributed by atoms with van der Waals surface area (Å²) < 4.78 is 1.59. The van der Waals surface area contributed by atoms with E-state index in [1.54, 1.807) is 24.1 Å². The van der Waals surface area contributed by atoms with Gasteiger partial charge in [0.05, 0.1) is 11.8 Å². The van der Waals surface area contributed by atoms with E-state index < -0.39 is 0 Å². The van der Waals surface area contributed by atoms with Crippen molar-refractivity contribution in [2.75, 3.05) is 18.4 Å². The van der Waals surface area contributed by atoms with Crippen LogP contribution in [-0.4, -0.2) is 33.8 Å². The van der Waals surface area contributed by atoms with E-state index in [0.29, 0.717) is 11.4 Å². The second-order valence-corrected chi connectivity index (χ2v) is 4.97. The minimum atomic E-state index is -0.204. The SMILES string of the molecule is Cn1cc(C(=O)Nc2ccc(C3=CCNCC3)cn2)cn1. The molecular weight excluding hydrogens is 266 g/mol. The number of carbonyl (C=O) groups is 1. The molecule has 6 heteroatoms. The highest BCUT2D eigenvalue weighted by atomic mass is 16.1. The number of pyridine rings is 1. The molecule has 2 aromatic heterocycles. The van der Waals surface area contributed by atoms with Crippen LogP contribution in [0.1, 0.15) is 22.3 Å². The molecule has 6 nitrogen and oxygen atoms in total. The van der Waals surface area contributed by atoms with E-state index in [0.717, 1.165) is 25.1 Å². The maximum Gasteiger partial charge on any atom is 0.260 e. The lowest BCUT2D eigenvalue weighted by Crippen LogP contribution is -2.20. The second-order valence-electron chi connectivity index (χ2n) is 4.97. The van der Waals surface area contributed by atoms with Crippen molar-refractivity contribution in [3.8, 4) is 0 Å². The van der Waals surface area contributed by atoms with Gasteiger partial charge in [-0.05, 0) is 36.2 Å². The summed E-state index contributed by atoms with van der Waals surface area (Å²) in [6.45, 7) is 1.89. The van der Waals surface area contributed by atoms with Crippen molar-refractivity contribution in [2.45, 2.75) is 6.42 Å². The molecule has 2 aromatic rings. The molecule has 0 aromatic carbocycles. The van der Waals surface area contributed by atoms with Crippen LogP contribution in [0.3, 0.4) is 0 Å². The van der Waals surface area contributed by atoms with E-state index in [2.05, 4.69) is 26.8 Å². The Morgan fingerprint density at radius 3 is 2.90 bits per heavy atom. The molecule has 108 valence electrons. The van der Waals surface area contributed by atoms with E-state index in [9.17, 15) is 4.79 Å². The number of nitrogens with one attached hydrogen (secondary N) is 2. The molecule has 0 radical (unpaired) electrons. The van der Waals surface area contributed by atoms with Crippen LogP contribution >= 0.6 is 0 Å². The third-order valence-corrected chi connectivity index (χ3v) is 3.41. The fourth-order valence-corrected chi connectivity index (χ4v) is 2.27. The summed E-state index contributed by atoms with van der Waals surface area (Å²) in [5.74, 6) is 0.339. The molecule has 0 unspecified atom stereocenters. The number of anilines is 1. The van der Waals surface area contributed by atoms with Crippen LogP contribution in [0.25, 0.3) is 5.57 Å². The zero-order valence-corrected chi connectivity index (χ0v) is 11.8. The highest BCUT2D eigenvalue weighted by Gasteiger charge is 2.10. The Balaban J connectivity index is 1.69. The molecule has 0 spiro atoms. The first-order valence-electron chi connectivity index (χ1n) is 6.88. The van der Waals surface area contributed by atoms with Crippen LogP contribution in [-0.2, 0) is 7.05 Å². The van der Waals surface area contributed by atoms with Gasteiger partial charge in [-0.25, -0.2) is 4.98 Å². The number of hydrogen-bond donors (Lipinski definition) is 2. The van der Waals surface area contributed by atoms with Gasteiger partial charge in [0, 0.05) is 26.0 Å². The largest absolute Gasteiger partial charge is 0.313 e. The van der Waals surface area contributed by atoms with Crippen molar-refractivity contribution < 1.29 is 4.79 Å². The van der Waals surface area contributed by atoms with Gasteiger partial charge in [0.1, 0.15) is 5.82 Å². The van der Waals surface area contributed by atoms with Gasteiger partial charge in [-0.3, -0.25) is 9.48 Å². The van der Waals surface area contributed by atoms with Gasteiger partial charge < -0.3 is 10.6 Å². The van der Waals surface area contributed by atoms with Crippen LogP contribution in [0.2, 0.25) is 0 Å². The third-order valence-electron chi connectivity index (χ3n) is 3.41. The van der Waals surface area contributed by atoms with Crippen LogP contribution in [0.4, 0.5) is 5.82 Å². The minimum absolute atomic E-state index is 0.204. The fourth-order valence-electron chi connectivity index (χ4n) is 2.27. The number of nitrogens with zero attached hydrogens (tertiary/aromatic N) is 3. The molecular formula is C15H17N5O. The Bertz CT molecular complexity index is 672. The fraction of sp³-hybridized carbons (Fsp3) is 0.267. The highest BCUT2D eigenvalue weighted by Crippen LogP contribution is 2.19. The lowest BCUT2D eigenvalue weighted by atomic mass is 10.0. The van der Waals surface area contributed by atoms with Crippen molar-refractivity contribution in [3.05, 3.63) is 47.9 Å². The summed E-state index contributed by atoms with van der Waals surface area (Å²) in [5.41, 5.74) is 2.92. The first-order chi connectivity index (χ1) is 10.2. The number of carbonyl (C=O) groups excluding carboxylic acids is 1. The van der Waals surface area contributed by atoms with Gasteiger partial charge in [0.25, 0.3) is 5.91 Å². The summed E-state index contributed by atoms with van der Waals surface area (Å²) in [6, 6.07) is 3.81. The molecule has 3 rings (SSSR count). The van der Waals surface area contributed by atoms with E-state index in [4.69, 9.17) is 0 Å². The summed E-state index contributed by atoms with van der Waals surface area (Å²) in [6.07, 6.45) is 8.18. The smallest absolute Gasteiger partial charge is 0.260 e. The maximum absolute atomic E-state index is 12.0. The Labute approximate surface area is 122 Å². The zero-order chi connectivity index (χ0) is 14.7. The molecule has 1 aliphatic rings. The Morgan fingerprint density at radius 2 is 2.29 bits per heavy atom. The first kappa shape index (κ1) is 13.5. The Morgan fingerprint density at radius 1 is 1.38 bits per heavy atom. The van der Waals surface area contributed by atoms with E-state index in [1.165, 1.54) is 11.8 Å². The summed E-state index contributed by atoms with van der Waals surface area (Å²) >= 11 is 0. The van der Waals surface area contributed by atoms with Crippen molar-refractivity contribution in [2.24, 2.45) is 7.05 Å². The highest BCUT2D eigenvalue weighted by molar-refractivity contribution is 6.03. The average Bonchev–Trinajstić information content (AvgIpc) is 2.96. The topological polar surface area (TPSA) is 71.8 Å². The van der Waals surface area contributed by atoms with Crippen molar-refractivity contribution in [1.29, 1.82) is 0 Å². The molecule has 1 aliphatic heterocycles. The van der Waals surface area contributed by atoms with Gasteiger partial charge in [0.15, 0.2) is 0 Å². The van der Waals surface area contributed by atoms with Crippen molar-refractivity contribution in [1.82, 2.24) is 20.1 Å². The van der Waals surface area contributed by atoms with Gasteiger partial charge in [-0.1, -0.05) is 6.08 Å². The van der Waals surface area contributed by atoms with E-state index in [1.807, 2.05) is 12.1 Å². The standard InChI is InChI=1S/C15H17N5O/c1-20-10-13(9-18-20)15(21)19-14-3-2-12(8-17-14)11-4-6-16-7-5-11/h2-4,8-10,16H,5-7H2,1H3,(H,17,19,21). The second kappa shape index (κ2) is 5.88. The van der Waals surface area contributed by atoms with Crippen LogP contribution < -0.4 is 10.6 Å². The third kappa shape index (κ3) is 3.17. The lowest BCUT2D eigenvalue weighted by molar-refractivity contribution is 0.102. The van der Waals surface area contributed by atoms with Crippen molar-refractivity contribution in [3.63, 3.8) is 0 Å². The predicted molar refractivity (Wildman–Crippen MR) is 80.9 cm³/mol. The average molecular weight is 283 g/mol. The van der Waals surface area contributed by atoms with Crippen LogP contribution in [0, 0.1) is 0 Å². The Hall–Kier alpha value is -2.47. The monoisotopic (exact) mass is 283 g/mol. The van der Waals surface area contributed by atoms with Gasteiger partial charge in [0.2, 0.25) is 0 Å². The quantitative estimate of drug-likeness (QED) is 0.894. The van der Waals surface area contributed by atoms with Gasteiger partial charge in [-0.2, -0.15) is 5.10 Å². The Kier molecular flexibility index (Phi) is 3.79. The van der Waals surface area contributed by atoms with E-state index in [-0.39, 0.29) is 5.91 Å². The molecule has 2 N–H and O–H groups in total. The number of aryl methyl sites for hydroxylation is 1. The summed E-state index contributed by atoms with van der Waals surface area (Å²) in [5, 5.41) is 10.0. The molecule has 0 atom stereocenters. The predicted octanol–water partition coefficient (Wildman–Crippen LogP) is 1.44. The normalized spacial score (nSPS) is 14.6. The molecule has 21 heavy (non-hydrogen) atoms. The molecule has 0 bridgehead atoms. The molecule has 0 aliphatic carbocycles. The summed E-state index contributed by atoms with van der Waals surface area (Å²) in [7, 11) is 1.77. The number of hydrogen-bond acceptors (Lipinski definition) is 4. The van der Waals surface area contributed by atoms with Crippen LogP contribution in [0.5, 0.6) is 0 Å². The van der Waals surface area contributed by atoms with Gasteiger partial charge in [-0.15, -0.1) is 0 Å².